The van der Waals surface area contributed by atoms with E-state index in [-0.39, 0.29) is 11.9 Å². The standard InChI is InChI=1S/C17H27N3O/c1-3-20-12-6-8-15(13-20)19-17(21)16-9-5-4-7-14(16)10-11-18-2/h4-5,7,9,15,18H,3,6,8,10-13H2,1-2H3,(H,19,21). The Labute approximate surface area is 127 Å². The second kappa shape index (κ2) is 8.15. The lowest BCUT2D eigenvalue weighted by Crippen LogP contribution is -2.47. The largest absolute Gasteiger partial charge is 0.348 e. The lowest BCUT2D eigenvalue weighted by molar-refractivity contribution is 0.0905. The summed E-state index contributed by atoms with van der Waals surface area (Å²) in [5.41, 5.74) is 1.94. The molecule has 0 aromatic heterocycles. The number of hydrogen-bond donors (Lipinski definition) is 2. The Balaban J connectivity index is 1.99. The van der Waals surface area contributed by atoms with Crippen molar-refractivity contribution in [2.75, 3.05) is 33.2 Å². The maximum atomic E-state index is 12.5. The minimum atomic E-state index is 0.0738. The van der Waals surface area contributed by atoms with Gasteiger partial charge in [0.1, 0.15) is 0 Å². The topological polar surface area (TPSA) is 44.4 Å². The Morgan fingerprint density at radius 3 is 2.95 bits per heavy atom. The van der Waals surface area contributed by atoms with Gasteiger partial charge in [-0.1, -0.05) is 25.1 Å². The third kappa shape index (κ3) is 4.55. The van der Waals surface area contributed by atoms with E-state index in [1.165, 1.54) is 6.42 Å². The summed E-state index contributed by atoms with van der Waals surface area (Å²) < 4.78 is 0. The van der Waals surface area contributed by atoms with Gasteiger partial charge in [0.05, 0.1) is 0 Å². The van der Waals surface area contributed by atoms with Gasteiger partial charge in [-0.05, 0) is 57.6 Å². The van der Waals surface area contributed by atoms with Crippen LogP contribution in [0.3, 0.4) is 0 Å². The summed E-state index contributed by atoms with van der Waals surface area (Å²) in [6.45, 7) is 6.25. The van der Waals surface area contributed by atoms with Gasteiger partial charge in [0.15, 0.2) is 0 Å². The first-order chi connectivity index (χ1) is 10.2. The highest BCUT2D eigenvalue weighted by Gasteiger charge is 2.21. The highest BCUT2D eigenvalue weighted by atomic mass is 16.1. The van der Waals surface area contributed by atoms with Crippen molar-refractivity contribution >= 4 is 5.91 Å². The van der Waals surface area contributed by atoms with Crippen LogP contribution in [-0.2, 0) is 6.42 Å². The van der Waals surface area contributed by atoms with Crippen molar-refractivity contribution in [2.24, 2.45) is 0 Å². The number of likely N-dealkylation sites (tertiary alicyclic amines) is 1. The van der Waals surface area contributed by atoms with E-state index in [4.69, 9.17) is 0 Å². The monoisotopic (exact) mass is 289 g/mol. The Bertz CT molecular complexity index is 461. The zero-order chi connectivity index (χ0) is 15.1. The summed E-state index contributed by atoms with van der Waals surface area (Å²) in [5.74, 6) is 0.0738. The Morgan fingerprint density at radius 1 is 1.38 bits per heavy atom. The van der Waals surface area contributed by atoms with Crippen LogP contribution in [0.4, 0.5) is 0 Å². The van der Waals surface area contributed by atoms with E-state index in [9.17, 15) is 4.79 Å². The van der Waals surface area contributed by atoms with Gasteiger partial charge in [-0.2, -0.15) is 0 Å². The molecule has 2 N–H and O–H groups in total. The minimum Gasteiger partial charge on any atom is -0.348 e. The molecule has 1 aliphatic heterocycles. The molecule has 1 amide bonds. The molecule has 1 fully saturated rings. The molecule has 0 spiro atoms. The summed E-state index contributed by atoms with van der Waals surface area (Å²) >= 11 is 0. The van der Waals surface area contributed by atoms with E-state index in [0.717, 1.165) is 50.1 Å². The van der Waals surface area contributed by atoms with Crippen molar-refractivity contribution in [3.8, 4) is 0 Å². The van der Waals surface area contributed by atoms with E-state index in [2.05, 4.69) is 22.5 Å². The van der Waals surface area contributed by atoms with Crippen LogP contribution in [-0.4, -0.2) is 50.1 Å². The zero-order valence-corrected chi connectivity index (χ0v) is 13.2. The van der Waals surface area contributed by atoms with E-state index in [1.54, 1.807) is 0 Å². The predicted molar refractivity (Wildman–Crippen MR) is 86.7 cm³/mol. The third-order valence-electron chi connectivity index (χ3n) is 4.19. The average molecular weight is 289 g/mol. The third-order valence-corrected chi connectivity index (χ3v) is 4.19. The number of hydrogen-bond acceptors (Lipinski definition) is 3. The quantitative estimate of drug-likeness (QED) is 0.837. The first-order valence-electron chi connectivity index (χ1n) is 8.00. The summed E-state index contributed by atoms with van der Waals surface area (Å²) in [5, 5.41) is 6.35. The molecule has 1 saturated heterocycles. The Morgan fingerprint density at radius 2 is 2.19 bits per heavy atom. The number of rotatable bonds is 6. The summed E-state index contributed by atoms with van der Waals surface area (Å²) in [6, 6.07) is 8.20. The van der Waals surface area contributed by atoms with E-state index in [1.807, 2.05) is 31.3 Å². The van der Waals surface area contributed by atoms with E-state index < -0.39 is 0 Å². The van der Waals surface area contributed by atoms with Gasteiger partial charge in [-0.25, -0.2) is 0 Å². The molecule has 21 heavy (non-hydrogen) atoms. The number of piperidine rings is 1. The molecule has 1 aliphatic rings. The fourth-order valence-electron chi connectivity index (χ4n) is 2.94. The van der Waals surface area contributed by atoms with Crippen LogP contribution >= 0.6 is 0 Å². The molecule has 1 aromatic rings. The fraction of sp³-hybridized carbons (Fsp3) is 0.588. The lowest BCUT2D eigenvalue weighted by atomic mass is 10.0. The Kier molecular flexibility index (Phi) is 6.21. The van der Waals surface area contributed by atoms with Gasteiger partial charge in [-0.15, -0.1) is 0 Å². The van der Waals surface area contributed by atoms with Crippen LogP contribution in [0.15, 0.2) is 24.3 Å². The van der Waals surface area contributed by atoms with Crippen LogP contribution in [0, 0.1) is 0 Å². The van der Waals surface area contributed by atoms with Crippen LogP contribution in [0.5, 0.6) is 0 Å². The zero-order valence-electron chi connectivity index (χ0n) is 13.2. The van der Waals surface area contributed by atoms with Crippen molar-refractivity contribution < 1.29 is 4.79 Å². The predicted octanol–water partition coefficient (Wildman–Crippen LogP) is 1.66. The van der Waals surface area contributed by atoms with Crippen molar-refractivity contribution in [2.45, 2.75) is 32.2 Å². The minimum absolute atomic E-state index is 0.0738. The highest BCUT2D eigenvalue weighted by molar-refractivity contribution is 5.95. The molecule has 1 aromatic carbocycles. The number of carbonyl (C=O) groups is 1. The fourth-order valence-corrected chi connectivity index (χ4v) is 2.94. The van der Waals surface area contributed by atoms with Gasteiger partial charge in [0.25, 0.3) is 5.91 Å². The molecular formula is C17H27N3O. The number of amides is 1. The summed E-state index contributed by atoms with van der Waals surface area (Å²) in [7, 11) is 1.93. The molecule has 0 radical (unpaired) electrons. The molecular weight excluding hydrogens is 262 g/mol. The van der Waals surface area contributed by atoms with Gasteiger partial charge in [0, 0.05) is 18.2 Å². The van der Waals surface area contributed by atoms with Crippen molar-refractivity contribution in [1.29, 1.82) is 0 Å². The van der Waals surface area contributed by atoms with Gasteiger partial charge in [-0.3, -0.25) is 4.79 Å². The normalized spacial score (nSPS) is 19.4. The van der Waals surface area contributed by atoms with Crippen LogP contribution in [0.25, 0.3) is 0 Å². The van der Waals surface area contributed by atoms with Crippen LogP contribution in [0.2, 0.25) is 0 Å². The summed E-state index contributed by atoms with van der Waals surface area (Å²) in [4.78, 5) is 14.9. The number of likely N-dealkylation sites (N-methyl/N-ethyl adjacent to an activating group) is 2. The molecule has 116 valence electrons. The first-order valence-corrected chi connectivity index (χ1v) is 8.00. The summed E-state index contributed by atoms with van der Waals surface area (Å²) in [6.07, 6.45) is 3.13. The van der Waals surface area contributed by atoms with E-state index >= 15 is 0 Å². The maximum Gasteiger partial charge on any atom is 0.251 e. The van der Waals surface area contributed by atoms with Gasteiger partial charge < -0.3 is 15.5 Å². The van der Waals surface area contributed by atoms with Gasteiger partial charge >= 0.3 is 0 Å². The number of benzene rings is 1. The molecule has 4 nitrogen and oxygen atoms in total. The van der Waals surface area contributed by atoms with Crippen molar-refractivity contribution in [3.63, 3.8) is 0 Å². The smallest absolute Gasteiger partial charge is 0.251 e. The SMILES string of the molecule is CCN1CCCC(NC(=O)c2ccccc2CCNC)C1. The molecule has 0 bridgehead atoms. The van der Waals surface area contributed by atoms with Crippen LogP contribution < -0.4 is 10.6 Å². The van der Waals surface area contributed by atoms with Crippen LogP contribution in [0.1, 0.15) is 35.7 Å². The molecule has 1 unspecified atom stereocenters. The second-order valence-electron chi connectivity index (χ2n) is 5.72. The van der Waals surface area contributed by atoms with Crippen molar-refractivity contribution in [3.05, 3.63) is 35.4 Å². The van der Waals surface area contributed by atoms with Crippen molar-refractivity contribution in [1.82, 2.24) is 15.5 Å². The average Bonchev–Trinajstić information content (AvgIpc) is 2.53. The number of nitrogens with zero attached hydrogens (tertiary/aromatic N) is 1. The molecule has 1 atom stereocenters. The van der Waals surface area contributed by atoms with Gasteiger partial charge in [0.2, 0.25) is 0 Å². The Hall–Kier alpha value is -1.39. The molecule has 2 rings (SSSR count). The number of nitrogens with one attached hydrogen (secondary N) is 2. The second-order valence-corrected chi connectivity index (χ2v) is 5.72. The number of carbonyl (C=O) groups excluding carboxylic acids is 1. The molecule has 1 heterocycles. The highest BCUT2D eigenvalue weighted by Crippen LogP contribution is 2.13. The molecule has 0 saturated carbocycles. The first kappa shape index (κ1) is 16.0. The molecule has 4 heteroatoms. The maximum absolute atomic E-state index is 12.5. The lowest BCUT2D eigenvalue weighted by Gasteiger charge is -2.32. The molecule has 0 aliphatic carbocycles. The van der Waals surface area contributed by atoms with E-state index in [0.29, 0.717) is 0 Å².